The molecule has 1 N–H and O–H groups in total. The van der Waals surface area contributed by atoms with Crippen LogP contribution in [-0.2, 0) is 16.1 Å². The van der Waals surface area contributed by atoms with Gasteiger partial charge in [-0.2, -0.15) is 0 Å². The van der Waals surface area contributed by atoms with Crippen molar-refractivity contribution in [2.24, 2.45) is 0 Å². The first-order valence-electron chi connectivity index (χ1n) is 7.84. The fourth-order valence-corrected chi connectivity index (χ4v) is 2.26. The van der Waals surface area contributed by atoms with Gasteiger partial charge in [-0.05, 0) is 23.8 Å². The molecule has 1 amide bonds. The van der Waals surface area contributed by atoms with Gasteiger partial charge in [-0.25, -0.2) is 4.79 Å². The van der Waals surface area contributed by atoms with Gasteiger partial charge in [0.2, 0.25) is 0 Å². The Morgan fingerprint density at radius 1 is 1.11 bits per heavy atom. The average molecular weight is 374 g/mol. The topological polar surface area (TPSA) is 117 Å². The second kappa shape index (κ2) is 9.18. The predicted octanol–water partition coefficient (Wildman–Crippen LogP) is 2.09. The van der Waals surface area contributed by atoms with E-state index in [0.717, 1.165) is 0 Å². The molecule has 0 aliphatic heterocycles. The van der Waals surface area contributed by atoms with E-state index in [2.05, 4.69) is 5.32 Å². The second-order valence-corrected chi connectivity index (χ2v) is 5.32. The molecule has 0 aliphatic rings. The summed E-state index contributed by atoms with van der Waals surface area (Å²) >= 11 is 0. The first-order valence-corrected chi connectivity index (χ1v) is 7.84. The highest BCUT2D eigenvalue weighted by Crippen LogP contribution is 2.25. The lowest BCUT2D eigenvalue weighted by Crippen LogP contribution is -2.28. The quantitative estimate of drug-likeness (QED) is 0.427. The van der Waals surface area contributed by atoms with Crippen molar-refractivity contribution in [1.29, 1.82) is 0 Å². The number of benzene rings is 2. The van der Waals surface area contributed by atoms with Crippen LogP contribution in [0.3, 0.4) is 0 Å². The Balaban J connectivity index is 1.96. The maximum absolute atomic E-state index is 11.9. The van der Waals surface area contributed by atoms with E-state index in [1.54, 1.807) is 24.3 Å². The molecule has 9 heteroatoms. The van der Waals surface area contributed by atoms with Gasteiger partial charge in [-0.3, -0.25) is 14.9 Å². The van der Waals surface area contributed by atoms with Crippen molar-refractivity contribution >= 4 is 17.6 Å². The minimum absolute atomic E-state index is 0.00933. The number of hydrogen-bond acceptors (Lipinski definition) is 7. The zero-order valence-corrected chi connectivity index (χ0v) is 14.8. The number of ether oxygens (including phenoxy) is 3. The Morgan fingerprint density at radius 3 is 2.52 bits per heavy atom. The van der Waals surface area contributed by atoms with Crippen molar-refractivity contribution in [2.45, 2.75) is 6.54 Å². The highest BCUT2D eigenvalue weighted by molar-refractivity contribution is 5.92. The van der Waals surface area contributed by atoms with Gasteiger partial charge in [0.1, 0.15) is 11.3 Å². The summed E-state index contributed by atoms with van der Waals surface area (Å²) in [4.78, 5) is 34.0. The molecule has 0 fully saturated rings. The third-order valence-electron chi connectivity index (χ3n) is 3.58. The number of nitrogens with one attached hydrogen (secondary N) is 1. The molecular weight excluding hydrogens is 356 g/mol. The maximum Gasteiger partial charge on any atom is 0.341 e. The molecular formula is C18H18N2O7. The van der Waals surface area contributed by atoms with E-state index in [1.165, 1.54) is 32.4 Å². The summed E-state index contributed by atoms with van der Waals surface area (Å²) in [6, 6.07) is 10.6. The number of amides is 1. The van der Waals surface area contributed by atoms with Crippen molar-refractivity contribution in [3.8, 4) is 11.5 Å². The van der Waals surface area contributed by atoms with Gasteiger partial charge in [0.05, 0.1) is 19.1 Å². The minimum Gasteiger partial charge on any atom is -0.496 e. The highest BCUT2D eigenvalue weighted by atomic mass is 16.6. The Labute approximate surface area is 155 Å². The van der Waals surface area contributed by atoms with Crippen LogP contribution < -0.4 is 14.8 Å². The summed E-state index contributed by atoms with van der Waals surface area (Å²) in [5, 5.41) is 13.5. The number of esters is 1. The van der Waals surface area contributed by atoms with Crippen LogP contribution in [0.2, 0.25) is 0 Å². The number of nitro benzene ring substituents is 1. The van der Waals surface area contributed by atoms with E-state index in [0.29, 0.717) is 11.3 Å². The fourth-order valence-electron chi connectivity index (χ4n) is 2.26. The summed E-state index contributed by atoms with van der Waals surface area (Å²) in [5.74, 6) is -0.657. The standard InChI is InChI=1S/C18H18N2O7/c1-25-15-8-7-12(9-13(15)18(22)26-2)10-19-17(21)11-27-16-6-4-3-5-14(16)20(23)24/h3-9H,10-11H2,1-2H3,(H,19,21). The Morgan fingerprint density at radius 2 is 1.85 bits per heavy atom. The number of hydrogen-bond donors (Lipinski definition) is 1. The van der Waals surface area contributed by atoms with E-state index >= 15 is 0 Å². The van der Waals surface area contributed by atoms with Crippen LogP contribution in [-0.4, -0.2) is 37.6 Å². The molecule has 0 saturated carbocycles. The number of para-hydroxylation sites is 2. The Bertz CT molecular complexity index is 851. The van der Waals surface area contributed by atoms with E-state index in [9.17, 15) is 19.7 Å². The molecule has 142 valence electrons. The van der Waals surface area contributed by atoms with E-state index < -0.39 is 16.8 Å². The largest absolute Gasteiger partial charge is 0.496 e. The fraction of sp³-hybridized carbons (Fsp3) is 0.222. The molecule has 0 atom stereocenters. The van der Waals surface area contributed by atoms with Gasteiger partial charge in [0, 0.05) is 12.6 Å². The minimum atomic E-state index is -0.584. The normalized spacial score (nSPS) is 10.0. The predicted molar refractivity (Wildman–Crippen MR) is 94.8 cm³/mol. The van der Waals surface area contributed by atoms with Gasteiger partial charge in [-0.1, -0.05) is 18.2 Å². The molecule has 9 nitrogen and oxygen atoms in total. The van der Waals surface area contributed by atoms with Crippen LogP contribution in [0.1, 0.15) is 15.9 Å². The molecule has 2 aromatic rings. The van der Waals surface area contributed by atoms with Crippen LogP contribution >= 0.6 is 0 Å². The van der Waals surface area contributed by atoms with Crippen molar-refractivity contribution in [3.05, 3.63) is 63.7 Å². The SMILES string of the molecule is COC(=O)c1cc(CNC(=O)COc2ccccc2[N+](=O)[O-])ccc1OC. The molecule has 0 aliphatic carbocycles. The second-order valence-electron chi connectivity index (χ2n) is 5.32. The number of nitrogens with zero attached hydrogens (tertiary/aromatic N) is 1. The number of methoxy groups -OCH3 is 2. The third-order valence-corrected chi connectivity index (χ3v) is 3.58. The van der Waals surface area contributed by atoms with Crippen LogP contribution in [0.25, 0.3) is 0 Å². The van der Waals surface area contributed by atoms with E-state index in [4.69, 9.17) is 14.2 Å². The van der Waals surface area contributed by atoms with Crippen LogP contribution in [0.15, 0.2) is 42.5 Å². The zero-order chi connectivity index (χ0) is 19.8. The molecule has 2 rings (SSSR count). The first kappa shape index (κ1) is 19.7. The molecule has 27 heavy (non-hydrogen) atoms. The molecule has 0 unspecified atom stereocenters. The summed E-state index contributed by atoms with van der Waals surface area (Å²) < 4.78 is 15.0. The Hall–Kier alpha value is -3.62. The lowest BCUT2D eigenvalue weighted by Gasteiger charge is -2.11. The van der Waals surface area contributed by atoms with Crippen molar-refractivity contribution in [3.63, 3.8) is 0 Å². The van der Waals surface area contributed by atoms with Gasteiger partial charge in [-0.15, -0.1) is 0 Å². The van der Waals surface area contributed by atoms with Gasteiger partial charge < -0.3 is 19.5 Å². The van der Waals surface area contributed by atoms with Crippen LogP contribution in [0.4, 0.5) is 5.69 Å². The van der Waals surface area contributed by atoms with E-state index in [-0.39, 0.29) is 30.2 Å². The summed E-state index contributed by atoms with van der Waals surface area (Å²) in [7, 11) is 2.69. The number of carbonyl (C=O) groups is 2. The zero-order valence-electron chi connectivity index (χ0n) is 14.8. The summed E-state index contributed by atoms with van der Waals surface area (Å²) in [6.45, 7) is -0.252. The highest BCUT2D eigenvalue weighted by Gasteiger charge is 2.16. The smallest absolute Gasteiger partial charge is 0.341 e. The number of rotatable bonds is 8. The molecule has 0 radical (unpaired) electrons. The third kappa shape index (κ3) is 5.18. The van der Waals surface area contributed by atoms with Crippen molar-refractivity contribution < 1.29 is 28.7 Å². The van der Waals surface area contributed by atoms with Crippen LogP contribution in [0.5, 0.6) is 11.5 Å². The lowest BCUT2D eigenvalue weighted by molar-refractivity contribution is -0.385. The molecule has 0 bridgehead atoms. The summed E-state index contributed by atoms with van der Waals surface area (Å²) in [6.07, 6.45) is 0. The van der Waals surface area contributed by atoms with Crippen LogP contribution in [0, 0.1) is 10.1 Å². The van der Waals surface area contributed by atoms with Crippen molar-refractivity contribution in [1.82, 2.24) is 5.32 Å². The van der Waals surface area contributed by atoms with Crippen molar-refractivity contribution in [2.75, 3.05) is 20.8 Å². The van der Waals surface area contributed by atoms with Gasteiger partial charge >= 0.3 is 11.7 Å². The first-order chi connectivity index (χ1) is 13.0. The average Bonchev–Trinajstić information content (AvgIpc) is 2.69. The molecule has 0 heterocycles. The number of carbonyl (C=O) groups excluding carboxylic acids is 2. The lowest BCUT2D eigenvalue weighted by atomic mass is 10.1. The van der Waals surface area contributed by atoms with Gasteiger partial charge in [0.25, 0.3) is 5.91 Å². The molecule has 0 spiro atoms. The molecule has 2 aromatic carbocycles. The maximum atomic E-state index is 11.9. The molecule has 0 saturated heterocycles. The molecule has 0 aromatic heterocycles. The monoisotopic (exact) mass is 374 g/mol. The number of nitro groups is 1. The van der Waals surface area contributed by atoms with Gasteiger partial charge in [0.15, 0.2) is 12.4 Å². The Kier molecular flexibility index (Phi) is 6.70. The summed E-state index contributed by atoms with van der Waals surface area (Å²) in [5.41, 5.74) is 0.668. The van der Waals surface area contributed by atoms with E-state index in [1.807, 2.05) is 0 Å².